The number of aryl methyl sites for hydroxylation is 1. The Hall–Kier alpha value is -2.99. The molecule has 7 heteroatoms. The van der Waals surface area contributed by atoms with Gasteiger partial charge in [0.05, 0.1) is 0 Å². The lowest BCUT2D eigenvalue weighted by molar-refractivity contribution is 0.174. The zero-order valence-corrected chi connectivity index (χ0v) is 15.6. The van der Waals surface area contributed by atoms with Crippen LogP contribution in [-0.4, -0.2) is 16.8 Å². The minimum absolute atomic E-state index is 0.274. The number of hydrogen-bond donors (Lipinski definition) is 2. The van der Waals surface area contributed by atoms with Crippen LogP contribution < -0.4 is 20.1 Å². The van der Waals surface area contributed by atoms with Gasteiger partial charge in [-0.2, -0.15) is 4.98 Å². The van der Waals surface area contributed by atoms with E-state index in [9.17, 15) is 0 Å². The largest absolute Gasteiger partial charge is 0.454 e. The van der Waals surface area contributed by atoms with Gasteiger partial charge in [-0.3, -0.25) is 0 Å². The average Bonchev–Trinajstić information content (AvgIpc) is 3.13. The fourth-order valence-electron chi connectivity index (χ4n) is 2.77. The van der Waals surface area contributed by atoms with Gasteiger partial charge in [0.1, 0.15) is 5.82 Å². The van der Waals surface area contributed by atoms with Gasteiger partial charge in [0.2, 0.25) is 12.7 Å². The van der Waals surface area contributed by atoms with E-state index in [2.05, 4.69) is 20.6 Å². The predicted octanol–water partition coefficient (Wildman–Crippen LogP) is 4.39. The lowest BCUT2D eigenvalue weighted by atomic mass is 10.2. The van der Waals surface area contributed by atoms with Gasteiger partial charge in [-0.25, -0.2) is 4.98 Å². The summed E-state index contributed by atoms with van der Waals surface area (Å²) < 4.78 is 10.7. The third-order valence-electron chi connectivity index (χ3n) is 4.13. The van der Waals surface area contributed by atoms with Crippen LogP contribution in [0.15, 0.2) is 48.5 Å². The molecule has 6 nitrogen and oxygen atoms in total. The number of aromatic nitrogens is 2. The quantitative estimate of drug-likeness (QED) is 0.659. The second-order valence-electron chi connectivity index (χ2n) is 6.24. The molecule has 0 amide bonds. The smallest absolute Gasteiger partial charge is 0.231 e. The minimum atomic E-state index is 0.274. The molecule has 1 aliphatic rings. The fraction of sp³-hybridized carbons (Fsp3) is 0.200. The minimum Gasteiger partial charge on any atom is -0.454 e. The molecule has 2 N–H and O–H groups in total. The molecule has 2 heterocycles. The number of nitrogens with one attached hydrogen (secondary N) is 2. The van der Waals surface area contributed by atoms with Crippen molar-refractivity contribution in [3.8, 4) is 11.5 Å². The van der Waals surface area contributed by atoms with Gasteiger partial charge in [-0.05, 0) is 42.3 Å². The molecular formula is C20H19ClN4O2. The van der Waals surface area contributed by atoms with Gasteiger partial charge in [0, 0.05) is 29.9 Å². The summed E-state index contributed by atoms with van der Waals surface area (Å²) in [5.74, 6) is 2.89. The molecule has 2 aromatic carbocycles. The fourth-order valence-corrected chi connectivity index (χ4v) is 2.89. The van der Waals surface area contributed by atoms with Gasteiger partial charge in [-0.15, -0.1) is 0 Å². The van der Waals surface area contributed by atoms with Gasteiger partial charge in [0.15, 0.2) is 11.5 Å². The van der Waals surface area contributed by atoms with Crippen molar-refractivity contribution in [2.24, 2.45) is 0 Å². The Balaban J connectivity index is 1.40. The Kier molecular flexibility index (Phi) is 4.98. The highest BCUT2D eigenvalue weighted by molar-refractivity contribution is 6.30. The number of fused-ring (bicyclic) bond motifs is 1. The molecule has 27 heavy (non-hydrogen) atoms. The molecule has 138 valence electrons. The molecule has 0 aliphatic carbocycles. The van der Waals surface area contributed by atoms with Crippen molar-refractivity contribution in [2.45, 2.75) is 20.0 Å². The number of ether oxygens (including phenoxy) is 2. The molecule has 0 atom stereocenters. The molecule has 0 fully saturated rings. The summed E-state index contributed by atoms with van der Waals surface area (Å²) in [5, 5.41) is 7.31. The third-order valence-corrected chi connectivity index (χ3v) is 4.38. The van der Waals surface area contributed by atoms with Gasteiger partial charge in [0.25, 0.3) is 0 Å². The Morgan fingerprint density at radius 2 is 1.63 bits per heavy atom. The lowest BCUT2D eigenvalue weighted by Crippen LogP contribution is -2.08. The average molecular weight is 383 g/mol. The summed E-state index contributed by atoms with van der Waals surface area (Å²) in [6, 6.07) is 15.5. The highest BCUT2D eigenvalue weighted by atomic mass is 35.5. The number of anilines is 2. The van der Waals surface area contributed by atoms with Crippen LogP contribution in [0.4, 0.5) is 11.8 Å². The van der Waals surface area contributed by atoms with Crippen LogP contribution in [0.25, 0.3) is 0 Å². The van der Waals surface area contributed by atoms with Crippen LogP contribution in [0.2, 0.25) is 5.02 Å². The number of hydrogen-bond acceptors (Lipinski definition) is 6. The van der Waals surface area contributed by atoms with Crippen molar-refractivity contribution in [1.29, 1.82) is 0 Å². The molecule has 0 bridgehead atoms. The Labute approximate surface area is 162 Å². The van der Waals surface area contributed by atoms with E-state index in [4.69, 9.17) is 21.1 Å². The monoisotopic (exact) mass is 382 g/mol. The van der Waals surface area contributed by atoms with Crippen LogP contribution in [0.3, 0.4) is 0 Å². The summed E-state index contributed by atoms with van der Waals surface area (Å²) >= 11 is 5.92. The van der Waals surface area contributed by atoms with E-state index in [1.165, 1.54) is 0 Å². The maximum absolute atomic E-state index is 5.92. The summed E-state index contributed by atoms with van der Waals surface area (Å²) in [6.07, 6.45) is 0. The number of halogens is 1. The van der Waals surface area contributed by atoms with E-state index in [1.54, 1.807) is 0 Å². The molecule has 0 saturated carbocycles. The van der Waals surface area contributed by atoms with Gasteiger partial charge >= 0.3 is 0 Å². The second-order valence-corrected chi connectivity index (χ2v) is 6.68. The third kappa shape index (κ3) is 4.41. The standard InChI is InChI=1S/C20H19ClN4O2/c1-13-8-19(22-10-14-2-5-16(21)6-3-14)25-20(24-13)23-11-15-4-7-17-18(9-15)27-12-26-17/h2-9H,10-12H2,1H3,(H2,22,23,24,25). The van der Waals surface area contributed by atoms with Crippen molar-refractivity contribution in [1.82, 2.24) is 9.97 Å². The molecule has 0 spiro atoms. The zero-order valence-electron chi connectivity index (χ0n) is 14.8. The first-order valence-electron chi connectivity index (χ1n) is 8.62. The molecule has 1 aromatic heterocycles. The second kappa shape index (κ2) is 7.72. The first-order chi connectivity index (χ1) is 13.2. The SMILES string of the molecule is Cc1cc(NCc2ccc(Cl)cc2)nc(NCc2ccc3c(c2)OCO3)n1. The Bertz CT molecular complexity index is 947. The highest BCUT2D eigenvalue weighted by Gasteiger charge is 2.13. The molecule has 0 unspecified atom stereocenters. The first kappa shape index (κ1) is 17.4. The number of benzene rings is 2. The van der Waals surface area contributed by atoms with Crippen molar-refractivity contribution in [2.75, 3.05) is 17.4 Å². The maximum Gasteiger partial charge on any atom is 0.231 e. The lowest BCUT2D eigenvalue weighted by Gasteiger charge is -2.10. The molecule has 3 aromatic rings. The molecule has 0 radical (unpaired) electrons. The van der Waals surface area contributed by atoms with E-state index in [1.807, 2.05) is 55.5 Å². The van der Waals surface area contributed by atoms with Crippen LogP contribution in [0, 0.1) is 6.92 Å². The van der Waals surface area contributed by atoms with E-state index in [-0.39, 0.29) is 6.79 Å². The summed E-state index contributed by atoms with van der Waals surface area (Å²) in [6.45, 7) is 3.47. The van der Waals surface area contributed by atoms with Gasteiger partial charge in [-0.1, -0.05) is 29.8 Å². The van der Waals surface area contributed by atoms with Crippen LogP contribution in [0.1, 0.15) is 16.8 Å². The van der Waals surface area contributed by atoms with Crippen LogP contribution in [0.5, 0.6) is 11.5 Å². The molecule has 1 aliphatic heterocycles. The maximum atomic E-state index is 5.92. The van der Waals surface area contributed by atoms with Crippen LogP contribution in [-0.2, 0) is 13.1 Å². The van der Waals surface area contributed by atoms with Gasteiger partial charge < -0.3 is 20.1 Å². The van der Waals surface area contributed by atoms with E-state index >= 15 is 0 Å². The topological polar surface area (TPSA) is 68.3 Å². The van der Waals surface area contributed by atoms with Crippen molar-refractivity contribution in [3.63, 3.8) is 0 Å². The normalized spacial score (nSPS) is 12.1. The zero-order chi connectivity index (χ0) is 18.6. The first-order valence-corrected chi connectivity index (χ1v) is 9.00. The highest BCUT2D eigenvalue weighted by Crippen LogP contribution is 2.32. The number of nitrogens with zero attached hydrogens (tertiary/aromatic N) is 2. The van der Waals surface area contributed by atoms with Crippen molar-refractivity contribution >= 4 is 23.4 Å². The van der Waals surface area contributed by atoms with E-state index < -0.39 is 0 Å². The summed E-state index contributed by atoms with van der Waals surface area (Å²) in [5.41, 5.74) is 3.09. The van der Waals surface area contributed by atoms with Crippen molar-refractivity contribution < 1.29 is 9.47 Å². The molecule has 0 saturated heterocycles. The number of rotatable bonds is 6. The predicted molar refractivity (Wildman–Crippen MR) is 105 cm³/mol. The molecular weight excluding hydrogens is 364 g/mol. The Morgan fingerprint density at radius 1 is 0.889 bits per heavy atom. The Morgan fingerprint density at radius 3 is 2.48 bits per heavy atom. The van der Waals surface area contributed by atoms with E-state index in [0.717, 1.165) is 39.2 Å². The summed E-state index contributed by atoms with van der Waals surface area (Å²) in [7, 11) is 0. The summed E-state index contributed by atoms with van der Waals surface area (Å²) in [4.78, 5) is 8.99. The van der Waals surface area contributed by atoms with Crippen LogP contribution >= 0.6 is 11.6 Å². The molecule has 4 rings (SSSR count). The van der Waals surface area contributed by atoms with E-state index in [0.29, 0.717) is 19.0 Å². The van der Waals surface area contributed by atoms with Crippen molar-refractivity contribution in [3.05, 3.63) is 70.4 Å².